The SMILES string of the molecule is COC(=O)C(C)(Nc1ccccc1)c1ccncc1. The van der Waals surface area contributed by atoms with Gasteiger partial charge in [-0.25, -0.2) is 4.79 Å². The maximum atomic E-state index is 12.1. The number of ether oxygens (including phenoxy) is 1. The number of hydrogen-bond donors (Lipinski definition) is 1. The molecule has 0 spiro atoms. The van der Waals surface area contributed by atoms with Crippen molar-refractivity contribution in [3.8, 4) is 0 Å². The van der Waals surface area contributed by atoms with E-state index in [0.717, 1.165) is 11.3 Å². The summed E-state index contributed by atoms with van der Waals surface area (Å²) in [6, 6.07) is 13.1. The molecule has 2 aromatic rings. The van der Waals surface area contributed by atoms with Crippen LogP contribution in [0, 0.1) is 0 Å². The van der Waals surface area contributed by atoms with E-state index < -0.39 is 5.54 Å². The van der Waals surface area contributed by atoms with Gasteiger partial charge in [-0.05, 0) is 36.8 Å². The van der Waals surface area contributed by atoms with Crippen molar-refractivity contribution in [3.63, 3.8) is 0 Å². The second-order valence-corrected chi connectivity index (χ2v) is 4.34. The van der Waals surface area contributed by atoms with Crippen LogP contribution in [-0.2, 0) is 15.1 Å². The molecule has 4 nitrogen and oxygen atoms in total. The van der Waals surface area contributed by atoms with Crippen molar-refractivity contribution in [1.29, 1.82) is 0 Å². The molecule has 0 aliphatic carbocycles. The van der Waals surface area contributed by atoms with Crippen LogP contribution < -0.4 is 5.32 Å². The molecule has 0 radical (unpaired) electrons. The largest absolute Gasteiger partial charge is 0.467 e. The number of rotatable bonds is 4. The molecule has 2 rings (SSSR count). The fourth-order valence-corrected chi connectivity index (χ4v) is 1.94. The molecule has 0 aliphatic heterocycles. The number of carbonyl (C=O) groups is 1. The monoisotopic (exact) mass is 256 g/mol. The van der Waals surface area contributed by atoms with Crippen molar-refractivity contribution in [2.45, 2.75) is 12.5 Å². The highest BCUT2D eigenvalue weighted by Gasteiger charge is 2.36. The van der Waals surface area contributed by atoms with Crippen LogP contribution in [0.15, 0.2) is 54.9 Å². The van der Waals surface area contributed by atoms with Gasteiger partial charge in [0.25, 0.3) is 0 Å². The van der Waals surface area contributed by atoms with Gasteiger partial charge in [-0.1, -0.05) is 18.2 Å². The summed E-state index contributed by atoms with van der Waals surface area (Å²) in [6.07, 6.45) is 3.31. The van der Waals surface area contributed by atoms with E-state index in [1.54, 1.807) is 31.5 Å². The van der Waals surface area contributed by atoms with Crippen molar-refractivity contribution in [3.05, 3.63) is 60.4 Å². The average molecular weight is 256 g/mol. The predicted molar refractivity (Wildman–Crippen MR) is 73.7 cm³/mol. The molecule has 0 aliphatic rings. The highest BCUT2D eigenvalue weighted by atomic mass is 16.5. The Balaban J connectivity index is 2.39. The first-order valence-electron chi connectivity index (χ1n) is 5.99. The summed E-state index contributed by atoms with van der Waals surface area (Å²) >= 11 is 0. The molecule has 1 unspecified atom stereocenters. The Labute approximate surface area is 112 Å². The van der Waals surface area contributed by atoms with E-state index in [9.17, 15) is 4.79 Å². The molecule has 0 saturated heterocycles. The molecule has 98 valence electrons. The Bertz CT molecular complexity index is 543. The molecule has 0 bridgehead atoms. The van der Waals surface area contributed by atoms with Crippen molar-refractivity contribution in [2.75, 3.05) is 12.4 Å². The summed E-state index contributed by atoms with van der Waals surface area (Å²) < 4.78 is 4.92. The Morgan fingerprint density at radius 3 is 2.37 bits per heavy atom. The number of carbonyl (C=O) groups excluding carboxylic acids is 1. The average Bonchev–Trinajstić information content (AvgIpc) is 2.48. The molecule has 1 N–H and O–H groups in total. The van der Waals surface area contributed by atoms with E-state index in [-0.39, 0.29) is 5.97 Å². The van der Waals surface area contributed by atoms with Gasteiger partial charge in [-0.15, -0.1) is 0 Å². The molecule has 1 aromatic heterocycles. The van der Waals surface area contributed by atoms with Crippen LogP contribution in [0.25, 0.3) is 0 Å². The number of benzene rings is 1. The molecule has 0 fully saturated rings. The Morgan fingerprint density at radius 1 is 1.16 bits per heavy atom. The number of nitrogens with one attached hydrogen (secondary N) is 1. The molecule has 4 heteroatoms. The lowest BCUT2D eigenvalue weighted by Gasteiger charge is -2.29. The molecule has 0 saturated carbocycles. The van der Waals surface area contributed by atoms with Gasteiger partial charge >= 0.3 is 5.97 Å². The van der Waals surface area contributed by atoms with E-state index in [0.29, 0.717) is 0 Å². The molecule has 1 aromatic carbocycles. The predicted octanol–water partition coefficient (Wildman–Crippen LogP) is 2.58. The van der Waals surface area contributed by atoms with Gasteiger partial charge in [0.2, 0.25) is 0 Å². The summed E-state index contributed by atoms with van der Waals surface area (Å²) in [5, 5.41) is 3.22. The van der Waals surface area contributed by atoms with Crippen LogP contribution in [-0.4, -0.2) is 18.1 Å². The second-order valence-electron chi connectivity index (χ2n) is 4.34. The fraction of sp³-hybridized carbons (Fsp3) is 0.200. The van der Waals surface area contributed by atoms with Crippen molar-refractivity contribution >= 4 is 11.7 Å². The summed E-state index contributed by atoms with van der Waals surface area (Å²) in [4.78, 5) is 16.1. The van der Waals surface area contributed by atoms with E-state index >= 15 is 0 Å². The molecular weight excluding hydrogens is 240 g/mol. The summed E-state index contributed by atoms with van der Waals surface area (Å²) in [5.41, 5.74) is 0.712. The lowest BCUT2D eigenvalue weighted by Crippen LogP contribution is -2.41. The molecule has 1 atom stereocenters. The van der Waals surface area contributed by atoms with Crippen molar-refractivity contribution in [1.82, 2.24) is 4.98 Å². The lowest BCUT2D eigenvalue weighted by molar-refractivity contribution is -0.145. The zero-order valence-electron chi connectivity index (χ0n) is 11.0. The van der Waals surface area contributed by atoms with E-state index in [4.69, 9.17) is 4.74 Å². The summed E-state index contributed by atoms with van der Waals surface area (Å²) in [6.45, 7) is 1.79. The van der Waals surface area contributed by atoms with Crippen LogP contribution in [0.4, 0.5) is 5.69 Å². The number of anilines is 1. The number of aromatic nitrogens is 1. The van der Waals surface area contributed by atoms with Gasteiger partial charge in [0.05, 0.1) is 7.11 Å². The number of pyridine rings is 1. The van der Waals surface area contributed by atoms with E-state index in [2.05, 4.69) is 10.3 Å². The van der Waals surface area contributed by atoms with Crippen molar-refractivity contribution in [2.24, 2.45) is 0 Å². The molecular formula is C15H16N2O2. The molecule has 1 heterocycles. The first-order chi connectivity index (χ1) is 9.16. The molecule has 0 amide bonds. The van der Waals surface area contributed by atoms with Gasteiger partial charge in [-0.3, -0.25) is 4.98 Å². The summed E-state index contributed by atoms with van der Waals surface area (Å²) in [7, 11) is 1.38. The number of para-hydroxylation sites is 1. The standard InChI is InChI=1S/C15H16N2O2/c1-15(14(18)19-2,12-8-10-16-11-9-12)17-13-6-4-3-5-7-13/h3-11,17H,1-2H3. The highest BCUT2D eigenvalue weighted by Crippen LogP contribution is 2.27. The molecule has 19 heavy (non-hydrogen) atoms. The Kier molecular flexibility index (Phi) is 3.80. The number of methoxy groups -OCH3 is 1. The smallest absolute Gasteiger partial charge is 0.335 e. The third kappa shape index (κ3) is 2.73. The lowest BCUT2D eigenvalue weighted by atomic mass is 9.92. The van der Waals surface area contributed by atoms with E-state index in [1.165, 1.54) is 7.11 Å². The third-order valence-electron chi connectivity index (χ3n) is 3.02. The van der Waals surface area contributed by atoms with Gasteiger partial charge in [0.1, 0.15) is 0 Å². The van der Waals surface area contributed by atoms with Crippen LogP contribution in [0.3, 0.4) is 0 Å². The minimum absolute atomic E-state index is 0.345. The van der Waals surface area contributed by atoms with Gasteiger partial charge in [0.15, 0.2) is 5.54 Å². The van der Waals surface area contributed by atoms with Gasteiger partial charge < -0.3 is 10.1 Å². The Morgan fingerprint density at radius 2 is 1.79 bits per heavy atom. The zero-order valence-corrected chi connectivity index (χ0v) is 11.0. The summed E-state index contributed by atoms with van der Waals surface area (Å²) in [5.74, 6) is -0.345. The number of hydrogen-bond acceptors (Lipinski definition) is 4. The minimum Gasteiger partial charge on any atom is -0.467 e. The minimum atomic E-state index is -0.945. The Hall–Kier alpha value is -2.36. The van der Waals surface area contributed by atoms with Gasteiger partial charge in [0, 0.05) is 18.1 Å². The first-order valence-corrected chi connectivity index (χ1v) is 5.99. The topological polar surface area (TPSA) is 51.2 Å². The van der Waals surface area contributed by atoms with Gasteiger partial charge in [-0.2, -0.15) is 0 Å². The van der Waals surface area contributed by atoms with E-state index in [1.807, 2.05) is 30.3 Å². The highest BCUT2D eigenvalue weighted by molar-refractivity contribution is 5.85. The van der Waals surface area contributed by atoms with Crippen LogP contribution in [0.2, 0.25) is 0 Å². The van der Waals surface area contributed by atoms with Crippen LogP contribution >= 0.6 is 0 Å². The van der Waals surface area contributed by atoms with Crippen LogP contribution in [0.1, 0.15) is 12.5 Å². The second kappa shape index (κ2) is 5.52. The normalized spacial score (nSPS) is 13.4. The zero-order chi connectivity index (χ0) is 13.7. The fourth-order valence-electron chi connectivity index (χ4n) is 1.94. The third-order valence-corrected chi connectivity index (χ3v) is 3.02. The van der Waals surface area contributed by atoms with Crippen LogP contribution in [0.5, 0.6) is 0 Å². The van der Waals surface area contributed by atoms with Crippen molar-refractivity contribution < 1.29 is 9.53 Å². The maximum absolute atomic E-state index is 12.1. The quantitative estimate of drug-likeness (QED) is 0.854. The number of esters is 1. The number of nitrogens with zero attached hydrogens (tertiary/aromatic N) is 1. The maximum Gasteiger partial charge on any atom is 0.335 e. The first kappa shape index (κ1) is 13.1.